The van der Waals surface area contributed by atoms with Gasteiger partial charge in [0.05, 0.1) is 47.6 Å². The third-order valence-corrected chi connectivity index (χ3v) is 6.74. The standard InChI is InChI=1S/C28H28ClN3O8/c1-39-24-12-16(6-11-21(24)31-28(38)30-20-5-3-2-4-19(20)29)13-25(34)32-14-23(33)26(35)22(32)15-40-18-9-7-17(8-10-18)27(36)37/h2-12,22-23,26,33,35H,13-15H2,1H3,(H,36,37)(H2,30,31,38). The van der Waals surface area contributed by atoms with E-state index in [4.69, 9.17) is 26.2 Å². The van der Waals surface area contributed by atoms with Crippen molar-refractivity contribution in [3.05, 3.63) is 82.9 Å². The van der Waals surface area contributed by atoms with Crippen LogP contribution in [0.5, 0.6) is 11.5 Å². The molecular formula is C28H28ClN3O8. The number of aliphatic hydroxyl groups is 2. The first-order valence-electron chi connectivity index (χ1n) is 12.3. The quantitative estimate of drug-likeness (QED) is 0.263. The van der Waals surface area contributed by atoms with Crippen LogP contribution in [0.1, 0.15) is 15.9 Å². The molecule has 1 aliphatic heterocycles. The molecule has 1 fully saturated rings. The Labute approximate surface area is 234 Å². The van der Waals surface area contributed by atoms with E-state index in [1.807, 2.05) is 0 Å². The van der Waals surface area contributed by atoms with Crippen LogP contribution in [0.25, 0.3) is 0 Å². The molecule has 3 unspecified atom stereocenters. The van der Waals surface area contributed by atoms with E-state index in [1.165, 1.54) is 36.3 Å². The van der Waals surface area contributed by atoms with E-state index in [2.05, 4.69) is 10.6 Å². The summed E-state index contributed by atoms with van der Waals surface area (Å²) in [4.78, 5) is 38.0. The number of para-hydroxylation sites is 1. The van der Waals surface area contributed by atoms with Crippen molar-refractivity contribution < 1.29 is 39.2 Å². The minimum Gasteiger partial charge on any atom is -0.495 e. The topological polar surface area (TPSA) is 158 Å². The first-order chi connectivity index (χ1) is 19.2. The first-order valence-corrected chi connectivity index (χ1v) is 12.6. The van der Waals surface area contributed by atoms with Gasteiger partial charge in [0, 0.05) is 6.54 Å². The highest BCUT2D eigenvalue weighted by Gasteiger charge is 2.42. The maximum Gasteiger partial charge on any atom is 0.335 e. The van der Waals surface area contributed by atoms with Gasteiger partial charge in [0.2, 0.25) is 5.91 Å². The van der Waals surface area contributed by atoms with Crippen LogP contribution in [-0.4, -0.2) is 76.6 Å². The Balaban J connectivity index is 1.40. The number of aliphatic hydroxyl groups excluding tert-OH is 2. The van der Waals surface area contributed by atoms with Gasteiger partial charge in [-0.25, -0.2) is 9.59 Å². The largest absolute Gasteiger partial charge is 0.495 e. The molecule has 0 aliphatic carbocycles. The summed E-state index contributed by atoms with van der Waals surface area (Å²) in [7, 11) is 1.43. The Kier molecular flexibility index (Phi) is 9.10. The van der Waals surface area contributed by atoms with Crippen molar-refractivity contribution in [3.8, 4) is 11.5 Å². The average Bonchev–Trinajstić information content (AvgIpc) is 3.22. The van der Waals surface area contributed by atoms with Gasteiger partial charge in [-0.05, 0) is 54.1 Å². The number of ether oxygens (including phenoxy) is 2. The lowest BCUT2D eigenvalue weighted by Crippen LogP contribution is -2.44. The average molecular weight is 570 g/mol. The molecule has 0 radical (unpaired) electrons. The predicted octanol–water partition coefficient (Wildman–Crippen LogP) is 3.24. The molecule has 3 aromatic rings. The number of nitrogens with zero attached hydrogens (tertiary/aromatic N) is 1. The van der Waals surface area contributed by atoms with Crippen LogP contribution in [0.3, 0.4) is 0 Å². The highest BCUT2D eigenvalue weighted by molar-refractivity contribution is 6.33. The van der Waals surface area contributed by atoms with E-state index in [0.29, 0.717) is 33.5 Å². The Morgan fingerprint density at radius 2 is 1.70 bits per heavy atom. The Morgan fingerprint density at radius 1 is 1.00 bits per heavy atom. The number of aromatic carboxylic acids is 1. The number of methoxy groups -OCH3 is 1. The molecule has 0 aromatic heterocycles. The smallest absolute Gasteiger partial charge is 0.335 e. The molecule has 3 atom stereocenters. The third kappa shape index (κ3) is 6.81. The molecule has 0 saturated carbocycles. The number of urea groups is 1. The monoisotopic (exact) mass is 569 g/mol. The van der Waals surface area contributed by atoms with Crippen molar-refractivity contribution in [1.29, 1.82) is 0 Å². The highest BCUT2D eigenvalue weighted by atomic mass is 35.5. The molecule has 3 amide bonds. The van der Waals surface area contributed by atoms with Gasteiger partial charge in [-0.1, -0.05) is 29.8 Å². The Bertz CT molecular complexity index is 1380. The van der Waals surface area contributed by atoms with E-state index < -0.39 is 30.3 Å². The lowest BCUT2D eigenvalue weighted by Gasteiger charge is -2.26. The van der Waals surface area contributed by atoms with Gasteiger partial charge in [0.25, 0.3) is 0 Å². The summed E-state index contributed by atoms with van der Waals surface area (Å²) in [5.41, 5.74) is 1.49. The Hall–Kier alpha value is -4.32. The second-order valence-corrected chi connectivity index (χ2v) is 9.49. The number of likely N-dealkylation sites (tertiary alicyclic amines) is 1. The van der Waals surface area contributed by atoms with Gasteiger partial charge < -0.3 is 40.3 Å². The zero-order valence-electron chi connectivity index (χ0n) is 21.4. The van der Waals surface area contributed by atoms with Crippen LogP contribution in [0.15, 0.2) is 66.7 Å². The number of carbonyl (C=O) groups is 3. The van der Waals surface area contributed by atoms with Gasteiger partial charge in [0.1, 0.15) is 24.2 Å². The van der Waals surface area contributed by atoms with Gasteiger partial charge >= 0.3 is 12.0 Å². The number of anilines is 2. The number of hydrogen-bond donors (Lipinski definition) is 5. The fourth-order valence-corrected chi connectivity index (χ4v) is 4.48. The highest BCUT2D eigenvalue weighted by Crippen LogP contribution is 2.28. The number of carboxylic acid groups (broad SMARTS) is 1. The number of halogens is 1. The molecule has 11 nitrogen and oxygen atoms in total. The number of hydrogen-bond acceptors (Lipinski definition) is 7. The maximum atomic E-state index is 13.2. The van der Waals surface area contributed by atoms with Crippen LogP contribution in [0, 0.1) is 0 Å². The van der Waals surface area contributed by atoms with Crippen molar-refractivity contribution in [2.24, 2.45) is 0 Å². The molecule has 4 rings (SSSR count). The van der Waals surface area contributed by atoms with Gasteiger partial charge in [0.15, 0.2) is 0 Å². The summed E-state index contributed by atoms with van der Waals surface area (Å²) >= 11 is 6.09. The lowest BCUT2D eigenvalue weighted by atomic mass is 10.1. The molecule has 40 heavy (non-hydrogen) atoms. The van der Waals surface area contributed by atoms with Crippen LogP contribution < -0.4 is 20.1 Å². The molecular weight excluding hydrogens is 542 g/mol. The molecule has 1 saturated heterocycles. The predicted molar refractivity (Wildman–Crippen MR) is 147 cm³/mol. The minimum absolute atomic E-state index is 0.0638. The van der Waals surface area contributed by atoms with Crippen molar-refractivity contribution in [2.75, 3.05) is 30.9 Å². The molecule has 1 heterocycles. The summed E-state index contributed by atoms with van der Waals surface area (Å²) in [6, 6.07) is 16.0. The molecule has 0 spiro atoms. The van der Waals surface area contributed by atoms with Crippen molar-refractivity contribution in [2.45, 2.75) is 24.7 Å². The number of carbonyl (C=O) groups excluding carboxylic acids is 2. The van der Waals surface area contributed by atoms with E-state index in [0.717, 1.165) is 0 Å². The third-order valence-electron chi connectivity index (χ3n) is 6.41. The SMILES string of the molecule is COc1cc(CC(=O)N2CC(O)C(O)C2COc2ccc(C(=O)O)cc2)ccc1NC(=O)Nc1ccccc1Cl. The lowest BCUT2D eigenvalue weighted by molar-refractivity contribution is -0.132. The number of β-amino-alcohol motifs (C(OH)–C–C–N with tert-alkyl or cyclic N) is 1. The van der Waals surface area contributed by atoms with Crippen molar-refractivity contribution >= 4 is 40.9 Å². The van der Waals surface area contributed by atoms with E-state index >= 15 is 0 Å². The Morgan fingerprint density at radius 3 is 2.38 bits per heavy atom. The van der Waals surface area contributed by atoms with Gasteiger partial charge in [-0.15, -0.1) is 0 Å². The molecule has 1 aliphatic rings. The van der Waals surface area contributed by atoms with E-state index in [1.54, 1.807) is 42.5 Å². The second kappa shape index (κ2) is 12.7. The number of nitrogens with one attached hydrogen (secondary N) is 2. The molecule has 0 bridgehead atoms. The first kappa shape index (κ1) is 28.7. The summed E-state index contributed by atoms with van der Waals surface area (Å²) in [5, 5.41) is 35.5. The number of carboxylic acids is 1. The van der Waals surface area contributed by atoms with Gasteiger partial charge in [-0.2, -0.15) is 0 Å². The fraction of sp³-hybridized carbons (Fsp3) is 0.250. The normalized spacial score (nSPS) is 18.2. The number of amides is 3. The number of rotatable bonds is 9. The molecule has 210 valence electrons. The summed E-state index contributed by atoms with van der Waals surface area (Å²) < 4.78 is 11.1. The maximum absolute atomic E-state index is 13.2. The fourth-order valence-electron chi connectivity index (χ4n) is 4.30. The minimum atomic E-state index is -1.22. The van der Waals surface area contributed by atoms with Gasteiger partial charge in [-0.3, -0.25) is 4.79 Å². The van der Waals surface area contributed by atoms with Crippen LogP contribution in [-0.2, 0) is 11.2 Å². The van der Waals surface area contributed by atoms with Crippen molar-refractivity contribution in [1.82, 2.24) is 4.90 Å². The van der Waals surface area contributed by atoms with Crippen LogP contribution in [0.2, 0.25) is 5.02 Å². The summed E-state index contributed by atoms with van der Waals surface area (Å²) in [6.07, 6.45) is -2.43. The van der Waals surface area contributed by atoms with E-state index in [-0.39, 0.29) is 31.0 Å². The zero-order chi connectivity index (χ0) is 28.8. The summed E-state index contributed by atoms with van der Waals surface area (Å²) in [6.45, 7) is -0.186. The second-order valence-electron chi connectivity index (χ2n) is 9.08. The van der Waals surface area contributed by atoms with Crippen LogP contribution in [0.4, 0.5) is 16.2 Å². The van der Waals surface area contributed by atoms with Crippen molar-refractivity contribution in [3.63, 3.8) is 0 Å². The van der Waals surface area contributed by atoms with Crippen LogP contribution >= 0.6 is 11.6 Å². The zero-order valence-corrected chi connectivity index (χ0v) is 22.2. The molecule has 12 heteroatoms. The summed E-state index contributed by atoms with van der Waals surface area (Å²) in [5.74, 6) is -0.744. The number of benzene rings is 3. The molecule has 3 aromatic carbocycles. The van der Waals surface area contributed by atoms with E-state index in [9.17, 15) is 24.6 Å². The molecule has 5 N–H and O–H groups in total.